The van der Waals surface area contributed by atoms with Crippen molar-refractivity contribution in [2.45, 2.75) is 19.3 Å². The Labute approximate surface area is 121 Å². The molecule has 2 aromatic rings. The Morgan fingerprint density at radius 3 is 2.76 bits per heavy atom. The Bertz CT molecular complexity index is 791. The molecule has 1 N–H and O–H groups in total. The van der Waals surface area contributed by atoms with E-state index in [1.54, 1.807) is 44.3 Å². The molecule has 0 aliphatic carbocycles. The average molecular weight is 285 g/mol. The van der Waals surface area contributed by atoms with E-state index in [1.807, 2.05) is 0 Å². The second kappa shape index (κ2) is 4.77. The fraction of sp³-hybridized carbons (Fsp3) is 0.250. The Kier molecular flexibility index (Phi) is 3.05. The van der Waals surface area contributed by atoms with Gasteiger partial charge < -0.3 is 14.4 Å². The molecule has 5 nitrogen and oxygen atoms in total. The number of carbonyl (C=O) groups is 1. The highest BCUT2D eigenvalue weighted by Crippen LogP contribution is 2.37. The summed E-state index contributed by atoms with van der Waals surface area (Å²) in [4.78, 5) is 24.3. The van der Waals surface area contributed by atoms with E-state index < -0.39 is 5.92 Å². The number of aromatic nitrogens is 1. The second-order valence-corrected chi connectivity index (χ2v) is 5.25. The minimum absolute atomic E-state index is 0.0920. The van der Waals surface area contributed by atoms with Crippen molar-refractivity contribution in [1.29, 1.82) is 0 Å². The monoisotopic (exact) mass is 285 g/mol. The van der Waals surface area contributed by atoms with Crippen molar-refractivity contribution in [2.75, 3.05) is 0 Å². The highest BCUT2D eigenvalue weighted by molar-refractivity contribution is 5.77. The lowest BCUT2D eigenvalue weighted by Crippen LogP contribution is -2.31. The summed E-state index contributed by atoms with van der Waals surface area (Å²) in [7, 11) is 1.69. The fourth-order valence-corrected chi connectivity index (χ4v) is 2.67. The third-order valence-corrected chi connectivity index (χ3v) is 3.89. The van der Waals surface area contributed by atoms with Crippen molar-refractivity contribution in [2.24, 2.45) is 7.05 Å². The molecular weight excluding hydrogens is 270 g/mol. The van der Waals surface area contributed by atoms with E-state index in [0.717, 1.165) is 11.3 Å². The lowest BCUT2D eigenvalue weighted by atomic mass is 9.87. The number of hydrogen-bond donors (Lipinski definition) is 1. The molecule has 1 aromatic heterocycles. The molecular formula is C16H15NO4. The maximum Gasteiger partial charge on any atom is 0.312 e. The van der Waals surface area contributed by atoms with E-state index in [0.29, 0.717) is 11.3 Å². The number of pyridine rings is 1. The maximum absolute atomic E-state index is 12.5. The minimum Gasteiger partial charge on any atom is -0.508 e. The van der Waals surface area contributed by atoms with Crippen LogP contribution in [-0.4, -0.2) is 15.6 Å². The van der Waals surface area contributed by atoms with Crippen molar-refractivity contribution in [3.8, 4) is 11.5 Å². The predicted molar refractivity (Wildman–Crippen MR) is 76.6 cm³/mol. The lowest BCUT2D eigenvalue weighted by molar-refractivity contribution is -0.135. The molecule has 1 aromatic carbocycles. The molecule has 0 spiro atoms. The number of rotatable bonds is 1. The number of fused-ring (bicyclic) bond motifs is 1. The summed E-state index contributed by atoms with van der Waals surface area (Å²) >= 11 is 0. The van der Waals surface area contributed by atoms with E-state index in [2.05, 4.69) is 0 Å². The van der Waals surface area contributed by atoms with Crippen molar-refractivity contribution >= 4 is 5.97 Å². The SMILES string of the molecule is Cc1cc2c(c(=O)n1C)[C@H](c1cccc(O)c1)CC(=O)O2. The zero-order valence-corrected chi connectivity index (χ0v) is 11.8. The zero-order valence-electron chi connectivity index (χ0n) is 11.8. The van der Waals surface area contributed by atoms with Gasteiger partial charge in [0.1, 0.15) is 11.5 Å². The van der Waals surface area contributed by atoms with E-state index in [1.165, 1.54) is 4.57 Å². The smallest absolute Gasteiger partial charge is 0.312 e. The van der Waals surface area contributed by atoms with Crippen LogP contribution < -0.4 is 10.3 Å². The number of hydrogen-bond acceptors (Lipinski definition) is 4. The molecule has 0 amide bonds. The van der Waals surface area contributed by atoms with Gasteiger partial charge in [0.05, 0.1) is 12.0 Å². The van der Waals surface area contributed by atoms with Crippen molar-refractivity contribution < 1.29 is 14.6 Å². The molecule has 0 radical (unpaired) electrons. The lowest BCUT2D eigenvalue weighted by Gasteiger charge is -2.25. The van der Waals surface area contributed by atoms with Crippen molar-refractivity contribution in [1.82, 2.24) is 4.57 Å². The summed E-state index contributed by atoms with van der Waals surface area (Å²) in [5.41, 5.74) is 1.75. The minimum atomic E-state index is -0.396. The van der Waals surface area contributed by atoms with Crippen molar-refractivity contribution in [3.63, 3.8) is 0 Å². The average Bonchev–Trinajstić information content (AvgIpc) is 2.44. The first-order valence-corrected chi connectivity index (χ1v) is 6.67. The predicted octanol–water partition coefficient (Wildman–Crippen LogP) is 1.84. The van der Waals surface area contributed by atoms with Gasteiger partial charge in [-0.15, -0.1) is 0 Å². The van der Waals surface area contributed by atoms with Gasteiger partial charge in [0.2, 0.25) is 0 Å². The molecule has 2 heterocycles. The van der Waals surface area contributed by atoms with E-state index in [-0.39, 0.29) is 23.7 Å². The number of esters is 1. The van der Waals surface area contributed by atoms with Crippen LogP contribution in [0.3, 0.4) is 0 Å². The van der Waals surface area contributed by atoms with Crippen LogP contribution in [0, 0.1) is 6.92 Å². The normalized spacial score (nSPS) is 17.2. The van der Waals surface area contributed by atoms with Crippen LogP contribution >= 0.6 is 0 Å². The number of ether oxygens (including phenoxy) is 1. The topological polar surface area (TPSA) is 68.5 Å². The van der Waals surface area contributed by atoms with Crippen LogP contribution in [-0.2, 0) is 11.8 Å². The molecule has 21 heavy (non-hydrogen) atoms. The van der Waals surface area contributed by atoms with Gasteiger partial charge in [-0.2, -0.15) is 0 Å². The van der Waals surface area contributed by atoms with Gasteiger partial charge in [0.25, 0.3) is 5.56 Å². The molecule has 3 rings (SSSR count). The van der Waals surface area contributed by atoms with Gasteiger partial charge in [-0.3, -0.25) is 9.59 Å². The number of nitrogens with zero attached hydrogens (tertiary/aromatic N) is 1. The maximum atomic E-state index is 12.5. The standard InChI is InChI=1S/C16H15NO4/c1-9-6-13-15(16(20)17(9)2)12(8-14(19)21-13)10-4-3-5-11(18)7-10/h3-7,12,18H,8H2,1-2H3/t12-/m0/s1. The first kappa shape index (κ1) is 13.4. The number of phenols is 1. The zero-order chi connectivity index (χ0) is 15.1. The van der Waals surface area contributed by atoms with Crippen LogP contribution in [0.1, 0.15) is 29.2 Å². The van der Waals surface area contributed by atoms with Gasteiger partial charge in [-0.1, -0.05) is 12.1 Å². The van der Waals surface area contributed by atoms with Crippen LogP contribution in [0.15, 0.2) is 35.1 Å². The summed E-state index contributed by atoms with van der Waals surface area (Å²) in [5, 5.41) is 9.63. The Morgan fingerprint density at radius 1 is 1.29 bits per heavy atom. The van der Waals surface area contributed by atoms with Gasteiger partial charge in [-0.05, 0) is 24.6 Å². The van der Waals surface area contributed by atoms with Gasteiger partial charge in [-0.25, -0.2) is 0 Å². The molecule has 0 saturated heterocycles. The summed E-state index contributed by atoms with van der Waals surface area (Å²) in [5.74, 6) is -0.340. The molecule has 0 saturated carbocycles. The van der Waals surface area contributed by atoms with Crippen LogP contribution in [0.5, 0.6) is 11.5 Å². The third-order valence-electron chi connectivity index (χ3n) is 3.89. The molecule has 0 unspecified atom stereocenters. The summed E-state index contributed by atoms with van der Waals surface area (Å²) in [6.45, 7) is 1.79. The Balaban J connectivity index is 2.24. The Hall–Kier alpha value is -2.56. The quantitative estimate of drug-likeness (QED) is 0.812. The third kappa shape index (κ3) is 2.20. The number of carbonyl (C=O) groups excluding carboxylic acids is 1. The van der Waals surface area contributed by atoms with Crippen LogP contribution in [0.2, 0.25) is 0 Å². The highest BCUT2D eigenvalue weighted by atomic mass is 16.5. The first-order valence-electron chi connectivity index (χ1n) is 6.67. The summed E-state index contributed by atoms with van der Waals surface area (Å²) < 4.78 is 6.75. The Morgan fingerprint density at radius 2 is 2.05 bits per heavy atom. The van der Waals surface area contributed by atoms with E-state index >= 15 is 0 Å². The molecule has 5 heteroatoms. The molecule has 0 bridgehead atoms. The van der Waals surface area contributed by atoms with E-state index in [4.69, 9.17) is 4.74 Å². The van der Waals surface area contributed by atoms with Crippen LogP contribution in [0.4, 0.5) is 0 Å². The largest absolute Gasteiger partial charge is 0.508 e. The highest BCUT2D eigenvalue weighted by Gasteiger charge is 2.32. The first-order chi connectivity index (χ1) is 9.97. The second-order valence-electron chi connectivity index (χ2n) is 5.25. The molecule has 1 aliphatic heterocycles. The number of benzene rings is 1. The molecule has 0 fully saturated rings. The molecule has 1 aliphatic rings. The molecule has 1 atom stereocenters. The van der Waals surface area contributed by atoms with E-state index in [9.17, 15) is 14.7 Å². The molecule has 108 valence electrons. The summed E-state index contributed by atoms with van der Waals surface area (Å²) in [6.07, 6.45) is 0.0920. The number of aromatic hydroxyl groups is 1. The summed E-state index contributed by atoms with van der Waals surface area (Å²) in [6, 6.07) is 8.32. The van der Waals surface area contributed by atoms with Gasteiger partial charge in [0, 0.05) is 24.7 Å². The van der Waals surface area contributed by atoms with Gasteiger partial charge >= 0.3 is 5.97 Å². The van der Waals surface area contributed by atoms with Crippen LogP contribution in [0.25, 0.3) is 0 Å². The number of aryl methyl sites for hydroxylation is 1. The van der Waals surface area contributed by atoms with Gasteiger partial charge in [0.15, 0.2) is 0 Å². The van der Waals surface area contributed by atoms with Crippen molar-refractivity contribution in [3.05, 3.63) is 57.5 Å². The number of phenolic OH excluding ortho intramolecular Hbond substituents is 1. The fourth-order valence-electron chi connectivity index (χ4n) is 2.67.